The summed E-state index contributed by atoms with van der Waals surface area (Å²) in [5.74, 6) is -0.318. The van der Waals surface area contributed by atoms with Crippen molar-refractivity contribution < 1.29 is 8.82 Å². The van der Waals surface area contributed by atoms with Crippen LogP contribution in [0.25, 0.3) is 0 Å². The molecule has 1 rings (SSSR count). The summed E-state index contributed by atoms with van der Waals surface area (Å²) in [5, 5.41) is 0.525. The van der Waals surface area contributed by atoms with Crippen LogP contribution in [0.4, 0.5) is 4.39 Å². The van der Waals surface area contributed by atoms with E-state index < -0.39 is 8.32 Å². The molecule has 0 spiro atoms. The summed E-state index contributed by atoms with van der Waals surface area (Å²) in [7, 11) is -1.90. The van der Waals surface area contributed by atoms with E-state index in [-0.39, 0.29) is 10.9 Å². The van der Waals surface area contributed by atoms with Gasteiger partial charge in [0, 0.05) is 5.56 Å². The van der Waals surface area contributed by atoms with E-state index in [1.54, 1.807) is 12.1 Å². The van der Waals surface area contributed by atoms with Gasteiger partial charge in [0.15, 0.2) is 8.32 Å². The minimum atomic E-state index is -1.90. The molecule has 1 aromatic rings. The number of rotatable bonds is 3. The first-order chi connectivity index (χ1) is 8.06. The van der Waals surface area contributed by atoms with E-state index in [1.807, 2.05) is 22.6 Å². The first kappa shape index (κ1) is 16.4. The van der Waals surface area contributed by atoms with Crippen LogP contribution < -0.4 is 0 Å². The van der Waals surface area contributed by atoms with Crippen molar-refractivity contribution in [1.29, 1.82) is 0 Å². The highest BCUT2D eigenvalue weighted by Gasteiger charge is 2.37. The molecule has 0 atom stereocenters. The lowest BCUT2D eigenvalue weighted by atomic mass is 10.2. The average molecular weight is 400 g/mol. The number of halogens is 3. The minimum absolute atomic E-state index is 0.0968. The average Bonchev–Trinajstić information content (AvgIpc) is 2.23. The van der Waals surface area contributed by atoms with E-state index in [0.717, 1.165) is 0 Å². The molecule has 1 radical (unpaired) electrons. The Kier molecular flexibility index (Phi) is 5.26. The van der Waals surface area contributed by atoms with Gasteiger partial charge in [-0.05, 0) is 46.8 Å². The molecular weight excluding hydrogens is 382 g/mol. The van der Waals surface area contributed by atoms with E-state index >= 15 is 0 Å². The van der Waals surface area contributed by atoms with Gasteiger partial charge in [-0.25, -0.2) is 4.39 Å². The molecule has 0 aliphatic carbocycles. The second kappa shape index (κ2) is 5.77. The van der Waals surface area contributed by atoms with Gasteiger partial charge in [-0.3, -0.25) is 0 Å². The Morgan fingerprint density at radius 1 is 1.33 bits per heavy atom. The third-order valence-electron chi connectivity index (χ3n) is 3.35. The Morgan fingerprint density at radius 2 is 1.89 bits per heavy atom. The quantitative estimate of drug-likeness (QED) is 0.364. The predicted molar refractivity (Wildman–Crippen MR) is 85.8 cm³/mol. The molecule has 0 unspecified atom stereocenters. The van der Waals surface area contributed by atoms with E-state index in [0.29, 0.717) is 14.2 Å². The smallest absolute Gasteiger partial charge is 0.193 e. The van der Waals surface area contributed by atoms with Crippen LogP contribution in [0.2, 0.25) is 23.2 Å². The maximum atomic E-state index is 13.9. The van der Waals surface area contributed by atoms with Crippen LogP contribution in [0.15, 0.2) is 12.1 Å². The molecule has 0 amide bonds. The van der Waals surface area contributed by atoms with E-state index in [4.69, 9.17) is 16.0 Å². The van der Waals surface area contributed by atoms with Crippen LogP contribution in [0.1, 0.15) is 26.3 Å². The van der Waals surface area contributed by atoms with Crippen molar-refractivity contribution in [3.05, 3.63) is 38.7 Å². The molecular formula is C13H18ClFIOSi. The van der Waals surface area contributed by atoms with Crippen molar-refractivity contribution in [2.75, 3.05) is 0 Å². The van der Waals surface area contributed by atoms with Crippen molar-refractivity contribution >= 4 is 42.5 Å². The Hall–Kier alpha value is 0.347. The highest BCUT2D eigenvalue weighted by atomic mass is 127. The monoisotopic (exact) mass is 399 g/mol. The molecule has 1 nitrogen and oxygen atoms in total. The Labute approximate surface area is 128 Å². The zero-order valence-corrected chi connectivity index (χ0v) is 15.2. The van der Waals surface area contributed by atoms with Gasteiger partial charge in [-0.2, -0.15) is 0 Å². The SMILES string of the molecule is CC(C)(C)[Si](C)(C)O[CH]c1ccc(Cl)c(I)c1F. The summed E-state index contributed by atoms with van der Waals surface area (Å²) in [5.41, 5.74) is 0.452. The van der Waals surface area contributed by atoms with Gasteiger partial charge in [0.25, 0.3) is 0 Å². The molecule has 0 heterocycles. The standard InChI is InChI=1S/C13H18ClFIOSi/c1-13(2,3)18(4,5)17-8-9-6-7-10(14)12(16)11(9)15/h6-8H,1-5H3. The summed E-state index contributed by atoms with van der Waals surface area (Å²) in [4.78, 5) is 0. The molecule has 101 valence electrons. The van der Waals surface area contributed by atoms with E-state index in [1.165, 1.54) is 6.61 Å². The van der Waals surface area contributed by atoms with Crippen molar-refractivity contribution in [3.63, 3.8) is 0 Å². The molecule has 0 saturated heterocycles. The lowest BCUT2D eigenvalue weighted by Crippen LogP contribution is -2.40. The molecule has 1 aromatic carbocycles. The van der Waals surface area contributed by atoms with Crippen LogP contribution in [-0.2, 0) is 4.43 Å². The van der Waals surface area contributed by atoms with Gasteiger partial charge in [0.1, 0.15) is 12.4 Å². The lowest BCUT2D eigenvalue weighted by Gasteiger charge is -2.35. The summed E-state index contributed by atoms with van der Waals surface area (Å²) < 4.78 is 20.3. The lowest BCUT2D eigenvalue weighted by molar-refractivity contribution is 0.381. The van der Waals surface area contributed by atoms with Crippen molar-refractivity contribution in [3.8, 4) is 0 Å². The van der Waals surface area contributed by atoms with Gasteiger partial charge in [0.05, 0.1) is 8.59 Å². The fourth-order valence-electron chi connectivity index (χ4n) is 1.02. The zero-order valence-electron chi connectivity index (χ0n) is 11.3. The molecule has 0 aromatic heterocycles. The summed E-state index contributed by atoms with van der Waals surface area (Å²) >= 11 is 7.76. The fraction of sp³-hybridized carbons (Fsp3) is 0.462. The van der Waals surface area contributed by atoms with E-state index in [9.17, 15) is 4.39 Å². The largest absolute Gasteiger partial charge is 0.407 e. The second-order valence-electron chi connectivity index (χ2n) is 5.76. The van der Waals surface area contributed by atoms with Crippen LogP contribution in [0, 0.1) is 16.0 Å². The summed E-state index contributed by atoms with van der Waals surface area (Å²) in [6.07, 6.45) is 0. The summed E-state index contributed by atoms with van der Waals surface area (Å²) in [6, 6.07) is 3.33. The molecule has 0 fully saturated rings. The van der Waals surface area contributed by atoms with Gasteiger partial charge < -0.3 is 4.43 Å². The van der Waals surface area contributed by atoms with Crippen LogP contribution in [0.3, 0.4) is 0 Å². The van der Waals surface area contributed by atoms with Crippen LogP contribution in [0.5, 0.6) is 0 Å². The molecule has 0 N–H and O–H groups in total. The summed E-state index contributed by atoms with van der Waals surface area (Å²) in [6.45, 7) is 12.2. The van der Waals surface area contributed by atoms with Crippen molar-refractivity contribution in [1.82, 2.24) is 0 Å². The second-order valence-corrected chi connectivity index (χ2v) is 12.0. The predicted octanol–water partition coefficient (Wildman–Crippen LogP) is 5.62. The van der Waals surface area contributed by atoms with Crippen LogP contribution in [-0.4, -0.2) is 8.32 Å². The van der Waals surface area contributed by atoms with Gasteiger partial charge in [-0.15, -0.1) is 0 Å². The topological polar surface area (TPSA) is 9.23 Å². The zero-order chi connectivity index (χ0) is 14.1. The Balaban J connectivity index is 2.85. The maximum absolute atomic E-state index is 13.9. The Bertz CT molecular complexity index is 443. The number of benzene rings is 1. The third-order valence-corrected chi connectivity index (χ3v) is 9.36. The molecule has 0 bridgehead atoms. The molecule has 0 aliphatic heterocycles. The van der Waals surface area contributed by atoms with Gasteiger partial charge in [0.2, 0.25) is 0 Å². The Morgan fingerprint density at radius 3 is 2.39 bits per heavy atom. The fourth-order valence-corrected chi connectivity index (χ4v) is 2.43. The maximum Gasteiger partial charge on any atom is 0.193 e. The highest BCUT2D eigenvalue weighted by molar-refractivity contribution is 14.1. The number of hydrogen-bond donors (Lipinski definition) is 0. The normalized spacial score (nSPS) is 12.9. The first-order valence-corrected chi connectivity index (χ1v) is 10.1. The van der Waals surface area contributed by atoms with E-state index in [2.05, 4.69) is 33.9 Å². The number of hydrogen-bond acceptors (Lipinski definition) is 1. The van der Waals surface area contributed by atoms with Crippen LogP contribution >= 0.6 is 34.2 Å². The molecule has 0 saturated carbocycles. The third kappa shape index (κ3) is 3.68. The minimum Gasteiger partial charge on any atom is -0.407 e. The molecule has 18 heavy (non-hydrogen) atoms. The molecule has 5 heteroatoms. The van der Waals surface area contributed by atoms with Crippen molar-refractivity contribution in [2.24, 2.45) is 0 Å². The molecule has 0 aliphatic rings. The first-order valence-electron chi connectivity index (χ1n) is 5.71. The van der Waals surface area contributed by atoms with Gasteiger partial charge in [-0.1, -0.05) is 38.4 Å². The van der Waals surface area contributed by atoms with Gasteiger partial charge >= 0.3 is 0 Å². The van der Waals surface area contributed by atoms with Crippen molar-refractivity contribution in [2.45, 2.75) is 38.9 Å². The highest BCUT2D eigenvalue weighted by Crippen LogP contribution is 2.37.